The Labute approximate surface area is 167 Å². The van der Waals surface area contributed by atoms with Crippen LogP contribution < -0.4 is 15.0 Å². The van der Waals surface area contributed by atoms with Gasteiger partial charge in [-0.3, -0.25) is 9.59 Å². The third kappa shape index (κ3) is 3.79. The molecule has 9 nitrogen and oxygen atoms in total. The van der Waals surface area contributed by atoms with E-state index in [1.165, 1.54) is 11.0 Å². The fourth-order valence-corrected chi connectivity index (χ4v) is 3.35. The Morgan fingerprint density at radius 1 is 1.21 bits per heavy atom. The number of aromatic nitrogens is 4. The van der Waals surface area contributed by atoms with E-state index in [1.807, 2.05) is 25.1 Å². The zero-order valence-electron chi connectivity index (χ0n) is 16.1. The van der Waals surface area contributed by atoms with Crippen molar-refractivity contribution in [3.05, 3.63) is 54.4 Å². The molecule has 148 valence electrons. The standard InChI is InChI=1S/C20H20N6O3/c1-13-3-8-18(29-2)17(9-13)25-11-14(10-19(25)27)20(28)22-15-4-6-16(7-5-15)26-12-21-23-24-26/h3-9,12,14H,10-11H2,1-2H3,(H,22,28)/t14-/m0/s1. The molecule has 3 aromatic rings. The number of tetrazole rings is 1. The van der Waals surface area contributed by atoms with Crippen LogP contribution in [0.1, 0.15) is 12.0 Å². The Morgan fingerprint density at radius 2 is 2.00 bits per heavy atom. The number of amides is 2. The van der Waals surface area contributed by atoms with E-state index in [2.05, 4.69) is 20.8 Å². The Bertz CT molecular complexity index is 1030. The van der Waals surface area contributed by atoms with E-state index in [-0.39, 0.29) is 18.2 Å². The van der Waals surface area contributed by atoms with Crippen molar-refractivity contribution in [1.82, 2.24) is 20.2 Å². The van der Waals surface area contributed by atoms with Gasteiger partial charge in [0.15, 0.2) is 0 Å². The number of aryl methyl sites for hydroxylation is 1. The topological polar surface area (TPSA) is 102 Å². The summed E-state index contributed by atoms with van der Waals surface area (Å²) in [4.78, 5) is 26.9. The van der Waals surface area contributed by atoms with Crippen LogP contribution in [0.3, 0.4) is 0 Å². The summed E-state index contributed by atoms with van der Waals surface area (Å²) >= 11 is 0. The minimum absolute atomic E-state index is 0.0944. The van der Waals surface area contributed by atoms with Gasteiger partial charge < -0.3 is 15.0 Å². The maximum absolute atomic E-state index is 12.7. The number of nitrogens with one attached hydrogen (secondary N) is 1. The first-order chi connectivity index (χ1) is 14.0. The molecule has 0 spiro atoms. The molecular formula is C20H20N6O3. The highest BCUT2D eigenvalue weighted by atomic mass is 16.5. The van der Waals surface area contributed by atoms with Crippen molar-refractivity contribution < 1.29 is 14.3 Å². The second-order valence-electron chi connectivity index (χ2n) is 6.87. The van der Waals surface area contributed by atoms with Crippen LogP contribution in [-0.2, 0) is 9.59 Å². The van der Waals surface area contributed by atoms with Crippen LogP contribution in [0.25, 0.3) is 5.69 Å². The van der Waals surface area contributed by atoms with Crippen LogP contribution in [0.15, 0.2) is 48.8 Å². The molecule has 1 aromatic heterocycles. The molecule has 1 fully saturated rings. The number of ether oxygens (including phenoxy) is 1. The molecule has 2 amide bonds. The molecule has 1 aliphatic rings. The number of carbonyl (C=O) groups is 2. The van der Waals surface area contributed by atoms with Gasteiger partial charge in [0, 0.05) is 18.7 Å². The molecule has 9 heteroatoms. The second-order valence-corrected chi connectivity index (χ2v) is 6.87. The van der Waals surface area contributed by atoms with E-state index in [0.717, 1.165) is 11.3 Å². The number of anilines is 2. The highest BCUT2D eigenvalue weighted by Crippen LogP contribution is 2.34. The van der Waals surface area contributed by atoms with Gasteiger partial charge in [-0.05, 0) is 59.3 Å². The SMILES string of the molecule is COc1ccc(C)cc1N1C[C@@H](C(=O)Nc2ccc(-n3cnnn3)cc2)CC1=O. The molecule has 1 atom stereocenters. The van der Waals surface area contributed by atoms with E-state index in [9.17, 15) is 9.59 Å². The van der Waals surface area contributed by atoms with Crippen molar-refractivity contribution in [1.29, 1.82) is 0 Å². The summed E-state index contributed by atoms with van der Waals surface area (Å²) in [6.07, 6.45) is 1.65. The third-order valence-corrected chi connectivity index (χ3v) is 4.87. The number of rotatable bonds is 5. The van der Waals surface area contributed by atoms with Gasteiger partial charge in [0.1, 0.15) is 12.1 Å². The van der Waals surface area contributed by atoms with E-state index >= 15 is 0 Å². The molecule has 2 aromatic carbocycles. The monoisotopic (exact) mass is 392 g/mol. The minimum atomic E-state index is -0.438. The van der Waals surface area contributed by atoms with E-state index in [4.69, 9.17) is 4.74 Å². The van der Waals surface area contributed by atoms with Crippen molar-refractivity contribution in [2.24, 2.45) is 5.92 Å². The summed E-state index contributed by atoms with van der Waals surface area (Å²) in [5, 5.41) is 13.9. The summed E-state index contributed by atoms with van der Waals surface area (Å²) in [5.41, 5.74) is 3.13. The number of methoxy groups -OCH3 is 1. The van der Waals surface area contributed by atoms with Gasteiger partial charge in [-0.2, -0.15) is 0 Å². The largest absolute Gasteiger partial charge is 0.495 e. The summed E-state index contributed by atoms with van der Waals surface area (Å²) in [6.45, 7) is 2.26. The van der Waals surface area contributed by atoms with Gasteiger partial charge >= 0.3 is 0 Å². The molecule has 1 N–H and O–H groups in total. The molecule has 0 bridgehead atoms. The Balaban J connectivity index is 1.45. The number of benzene rings is 2. The van der Waals surface area contributed by atoms with Gasteiger partial charge in [-0.1, -0.05) is 6.07 Å². The van der Waals surface area contributed by atoms with Crippen LogP contribution >= 0.6 is 0 Å². The third-order valence-electron chi connectivity index (χ3n) is 4.87. The molecule has 1 aliphatic heterocycles. The lowest BCUT2D eigenvalue weighted by Gasteiger charge is -2.20. The average Bonchev–Trinajstić information content (AvgIpc) is 3.38. The fourth-order valence-electron chi connectivity index (χ4n) is 3.35. The maximum atomic E-state index is 12.7. The number of carbonyl (C=O) groups excluding carboxylic acids is 2. The predicted octanol–water partition coefficient (Wildman–Crippen LogP) is 1.97. The van der Waals surface area contributed by atoms with Crippen LogP contribution in [0, 0.1) is 12.8 Å². The fraction of sp³-hybridized carbons (Fsp3) is 0.250. The Kier molecular flexibility index (Phi) is 4.94. The van der Waals surface area contributed by atoms with E-state index < -0.39 is 5.92 Å². The quantitative estimate of drug-likeness (QED) is 0.712. The molecule has 0 aliphatic carbocycles. The summed E-state index contributed by atoms with van der Waals surface area (Å²) < 4.78 is 6.91. The molecular weight excluding hydrogens is 372 g/mol. The normalized spacial score (nSPS) is 16.1. The minimum Gasteiger partial charge on any atom is -0.495 e. The van der Waals surface area contributed by atoms with Gasteiger partial charge in [0.05, 0.1) is 24.4 Å². The first-order valence-corrected chi connectivity index (χ1v) is 9.14. The lowest BCUT2D eigenvalue weighted by molar-refractivity contribution is -0.122. The maximum Gasteiger partial charge on any atom is 0.229 e. The van der Waals surface area contributed by atoms with Gasteiger partial charge in [0.2, 0.25) is 11.8 Å². The van der Waals surface area contributed by atoms with Crippen molar-refractivity contribution in [3.63, 3.8) is 0 Å². The zero-order chi connectivity index (χ0) is 20.4. The number of nitrogens with zero attached hydrogens (tertiary/aromatic N) is 5. The van der Waals surface area contributed by atoms with Crippen LogP contribution in [-0.4, -0.2) is 45.7 Å². The predicted molar refractivity (Wildman–Crippen MR) is 106 cm³/mol. The molecule has 2 heterocycles. The molecule has 4 rings (SSSR count). The van der Waals surface area contributed by atoms with Crippen LogP contribution in [0.5, 0.6) is 5.75 Å². The molecule has 0 radical (unpaired) electrons. The Morgan fingerprint density at radius 3 is 2.69 bits per heavy atom. The molecule has 29 heavy (non-hydrogen) atoms. The Hall–Kier alpha value is -3.75. The first-order valence-electron chi connectivity index (χ1n) is 9.14. The van der Waals surface area contributed by atoms with E-state index in [1.54, 1.807) is 36.3 Å². The van der Waals surface area contributed by atoms with Gasteiger partial charge in [-0.15, -0.1) is 5.10 Å². The number of hydrogen-bond donors (Lipinski definition) is 1. The van der Waals surface area contributed by atoms with Crippen LogP contribution in [0.4, 0.5) is 11.4 Å². The zero-order valence-corrected chi connectivity index (χ0v) is 16.1. The molecule has 1 saturated heterocycles. The summed E-state index contributed by atoms with van der Waals surface area (Å²) in [5.74, 6) is -0.110. The molecule has 0 saturated carbocycles. The van der Waals surface area contributed by atoms with Crippen molar-refractivity contribution in [2.45, 2.75) is 13.3 Å². The summed E-state index contributed by atoms with van der Waals surface area (Å²) in [6, 6.07) is 12.8. The highest BCUT2D eigenvalue weighted by molar-refractivity contribution is 6.04. The molecule has 0 unspecified atom stereocenters. The summed E-state index contributed by atoms with van der Waals surface area (Å²) in [7, 11) is 1.57. The first kappa shape index (κ1) is 18.6. The highest BCUT2D eigenvalue weighted by Gasteiger charge is 2.36. The van der Waals surface area contributed by atoms with Crippen molar-refractivity contribution in [3.8, 4) is 11.4 Å². The van der Waals surface area contributed by atoms with Gasteiger partial charge in [-0.25, -0.2) is 4.68 Å². The second kappa shape index (κ2) is 7.70. The van der Waals surface area contributed by atoms with Gasteiger partial charge in [0.25, 0.3) is 0 Å². The van der Waals surface area contributed by atoms with E-state index in [0.29, 0.717) is 23.7 Å². The smallest absolute Gasteiger partial charge is 0.229 e. The number of hydrogen-bond acceptors (Lipinski definition) is 6. The van der Waals surface area contributed by atoms with Crippen molar-refractivity contribution >= 4 is 23.2 Å². The van der Waals surface area contributed by atoms with Crippen LogP contribution in [0.2, 0.25) is 0 Å². The average molecular weight is 392 g/mol. The lowest BCUT2D eigenvalue weighted by atomic mass is 10.1. The van der Waals surface area contributed by atoms with Crippen molar-refractivity contribution in [2.75, 3.05) is 23.9 Å². The lowest BCUT2D eigenvalue weighted by Crippen LogP contribution is -2.28.